The van der Waals surface area contributed by atoms with Gasteiger partial charge in [0.25, 0.3) is 5.91 Å². The third-order valence-electron chi connectivity index (χ3n) is 4.07. The molecule has 2 heterocycles. The number of phenolic OH excluding ortho intramolecular Hbond substituents is 1. The predicted molar refractivity (Wildman–Crippen MR) is 109 cm³/mol. The van der Waals surface area contributed by atoms with Gasteiger partial charge in [0, 0.05) is 31.5 Å². The van der Waals surface area contributed by atoms with Crippen LogP contribution in [0.15, 0.2) is 46.3 Å². The third kappa shape index (κ3) is 6.42. The lowest BCUT2D eigenvalue weighted by molar-refractivity contribution is -0.121. The zero-order valence-electron chi connectivity index (χ0n) is 15.8. The second-order valence-corrected chi connectivity index (χ2v) is 7.30. The molecule has 152 valence electrons. The molecule has 0 aliphatic carbocycles. The summed E-state index contributed by atoms with van der Waals surface area (Å²) in [5.74, 6) is 0.840. The van der Waals surface area contributed by atoms with Gasteiger partial charge in [-0.15, -0.1) is 11.3 Å². The van der Waals surface area contributed by atoms with Crippen LogP contribution in [0.25, 0.3) is 10.7 Å². The molecule has 0 bridgehead atoms. The highest BCUT2D eigenvalue weighted by Gasteiger charge is 2.10. The first-order valence-corrected chi connectivity index (χ1v) is 10.2. The maximum atomic E-state index is 11.9. The Morgan fingerprint density at radius 2 is 1.97 bits per heavy atom. The van der Waals surface area contributed by atoms with Crippen molar-refractivity contribution in [3.63, 3.8) is 0 Å². The van der Waals surface area contributed by atoms with E-state index in [-0.39, 0.29) is 17.6 Å². The lowest BCUT2D eigenvalue weighted by Crippen LogP contribution is -2.29. The van der Waals surface area contributed by atoms with Crippen LogP contribution in [0.2, 0.25) is 0 Å². The summed E-state index contributed by atoms with van der Waals surface area (Å²) in [5.41, 5.74) is 0.400. The Morgan fingerprint density at radius 1 is 1.10 bits per heavy atom. The van der Waals surface area contributed by atoms with E-state index < -0.39 is 0 Å². The third-order valence-corrected chi connectivity index (χ3v) is 4.94. The van der Waals surface area contributed by atoms with Crippen LogP contribution in [0.1, 0.15) is 35.5 Å². The molecule has 0 saturated carbocycles. The molecule has 8 nitrogen and oxygen atoms in total. The quantitative estimate of drug-likeness (QED) is 0.439. The van der Waals surface area contributed by atoms with Crippen molar-refractivity contribution in [2.45, 2.75) is 25.7 Å². The maximum Gasteiger partial charge on any atom is 0.251 e. The SMILES string of the molecule is O=C(CCCc1nc(-c2cccs2)no1)NCCCNC(=O)c1cccc(O)c1. The minimum absolute atomic E-state index is 0.0492. The number of benzene rings is 1. The number of aromatic nitrogens is 2. The van der Waals surface area contributed by atoms with Gasteiger partial charge >= 0.3 is 0 Å². The topological polar surface area (TPSA) is 117 Å². The first kappa shape index (κ1) is 20.5. The minimum atomic E-state index is -0.256. The average molecular weight is 414 g/mol. The Labute approximate surface area is 172 Å². The summed E-state index contributed by atoms with van der Waals surface area (Å²) in [6.07, 6.45) is 2.15. The van der Waals surface area contributed by atoms with Crippen LogP contribution in [0, 0.1) is 0 Å². The number of phenols is 1. The summed E-state index contributed by atoms with van der Waals surface area (Å²) < 4.78 is 5.21. The molecule has 0 unspecified atom stereocenters. The van der Waals surface area contributed by atoms with Gasteiger partial charge in [-0.05, 0) is 42.5 Å². The van der Waals surface area contributed by atoms with Crippen LogP contribution in [0.3, 0.4) is 0 Å². The van der Waals surface area contributed by atoms with E-state index in [1.807, 2.05) is 17.5 Å². The fraction of sp³-hybridized carbons (Fsp3) is 0.300. The molecule has 0 spiro atoms. The monoisotopic (exact) mass is 414 g/mol. The molecule has 29 heavy (non-hydrogen) atoms. The van der Waals surface area contributed by atoms with Gasteiger partial charge in [0.05, 0.1) is 4.88 Å². The van der Waals surface area contributed by atoms with E-state index in [9.17, 15) is 14.7 Å². The van der Waals surface area contributed by atoms with E-state index in [1.165, 1.54) is 12.1 Å². The molecule has 3 aromatic rings. The van der Waals surface area contributed by atoms with Gasteiger partial charge < -0.3 is 20.3 Å². The van der Waals surface area contributed by atoms with Crippen molar-refractivity contribution < 1.29 is 19.2 Å². The number of thiophene rings is 1. The molecule has 0 radical (unpaired) electrons. The van der Waals surface area contributed by atoms with Crippen molar-refractivity contribution in [1.82, 2.24) is 20.8 Å². The van der Waals surface area contributed by atoms with Crippen LogP contribution in [0.4, 0.5) is 0 Å². The summed E-state index contributed by atoms with van der Waals surface area (Å²) in [7, 11) is 0. The molecule has 0 saturated heterocycles. The molecule has 0 aliphatic heterocycles. The highest BCUT2D eigenvalue weighted by molar-refractivity contribution is 7.13. The first-order valence-electron chi connectivity index (χ1n) is 9.32. The Balaban J connectivity index is 1.26. The number of carbonyl (C=O) groups is 2. The van der Waals surface area contributed by atoms with E-state index in [2.05, 4.69) is 20.8 Å². The number of rotatable bonds is 10. The molecule has 2 amide bonds. The van der Waals surface area contributed by atoms with E-state index in [0.29, 0.717) is 56.1 Å². The maximum absolute atomic E-state index is 11.9. The number of nitrogens with one attached hydrogen (secondary N) is 2. The smallest absolute Gasteiger partial charge is 0.251 e. The summed E-state index contributed by atoms with van der Waals surface area (Å²) in [4.78, 5) is 29.1. The highest BCUT2D eigenvalue weighted by Crippen LogP contribution is 2.21. The average Bonchev–Trinajstić information content (AvgIpc) is 3.39. The zero-order chi connectivity index (χ0) is 20.5. The number of amides is 2. The largest absolute Gasteiger partial charge is 0.508 e. The number of aryl methyl sites for hydroxylation is 1. The molecule has 0 atom stereocenters. The van der Waals surface area contributed by atoms with Gasteiger partial charge in [0.2, 0.25) is 17.6 Å². The van der Waals surface area contributed by atoms with Crippen molar-refractivity contribution >= 4 is 23.2 Å². The van der Waals surface area contributed by atoms with Crippen LogP contribution >= 0.6 is 11.3 Å². The van der Waals surface area contributed by atoms with Crippen molar-refractivity contribution in [3.05, 3.63) is 53.2 Å². The van der Waals surface area contributed by atoms with Crippen molar-refractivity contribution in [2.24, 2.45) is 0 Å². The molecular weight excluding hydrogens is 392 g/mol. The van der Waals surface area contributed by atoms with E-state index in [1.54, 1.807) is 23.5 Å². The molecule has 3 rings (SSSR count). The number of hydrogen-bond donors (Lipinski definition) is 3. The molecule has 1 aromatic carbocycles. The number of hydrogen-bond acceptors (Lipinski definition) is 7. The van der Waals surface area contributed by atoms with E-state index in [4.69, 9.17) is 4.52 Å². The van der Waals surface area contributed by atoms with Gasteiger partial charge in [-0.3, -0.25) is 9.59 Å². The van der Waals surface area contributed by atoms with Gasteiger partial charge in [0.15, 0.2) is 0 Å². The molecule has 0 fully saturated rings. The van der Waals surface area contributed by atoms with Gasteiger partial charge in [-0.2, -0.15) is 4.98 Å². The van der Waals surface area contributed by atoms with Gasteiger partial charge in [-0.1, -0.05) is 17.3 Å². The zero-order valence-corrected chi connectivity index (χ0v) is 16.6. The highest BCUT2D eigenvalue weighted by atomic mass is 32.1. The Kier molecular flexibility index (Phi) is 7.34. The standard InChI is InChI=1S/C20H22N4O4S/c25-15-6-1-5-14(13-15)20(27)22-11-4-10-21-17(26)8-2-9-18-23-19(24-28-18)16-7-3-12-29-16/h1,3,5-7,12-13,25H,2,4,8-11H2,(H,21,26)(H,22,27). The van der Waals surface area contributed by atoms with Crippen LogP contribution in [-0.2, 0) is 11.2 Å². The second kappa shape index (κ2) is 10.4. The number of carbonyl (C=O) groups excluding carboxylic acids is 2. The summed E-state index contributed by atoms with van der Waals surface area (Å²) in [6, 6.07) is 10.0. The lowest BCUT2D eigenvalue weighted by Gasteiger charge is -2.07. The Bertz CT molecular complexity index is 940. The number of nitrogens with zero attached hydrogens (tertiary/aromatic N) is 2. The van der Waals surface area contributed by atoms with Crippen molar-refractivity contribution in [3.8, 4) is 16.5 Å². The summed E-state index contributed by atoms with van der Waals surface area (Å²) in [6.45, 7) is 0.907. The first-order chi connectivity index (χ1) is 14.1. The normalized spacial score (nSPS) is 10.6. The Hall–Kier alpha value is -3.20. The summed E-state index contributed by atoms with van der Waals surface area (Å²) in [5, 5.41) is 20.8. The molecule has 3 N–H and O–H groups in total. The molecule has 2 aromatic heterocycles. The predicted octanol–water partition coefficient (Wildman–Crippen LogP) is 2.76. The Morgan fingerprint density at radius 3 is 2.76 bits per heavy atom. The molecular formula is C20H22N4O4S. The molecule has 0 aliphatic rings. The van der Waals surface area contributed by atoms with E-state index in [0.717, 1.165) is 4.88 Å². The van der Waals surface area contributed by atoms with Crippen molar-refractivity contribution in [2.75, 3.05) is 13.1 Å². The fourth-order valence-electron chi connectivity index (χ4n) is 2.62. The molecule has 9 heteroatoms. The van der Waals surface area contributed by atoms with E-state index >= 15 is 0 Å². The van der Waals surface area contributed by atoms with Crippen LogP contribution in [0.5, 0.6) is 5.75 Å². The van der Waals surface area contributed by atoms with Gasteiger partial charge in [0.1, 0.15) is 5.75 Å². The lowest BCUT2D eigenvalue weighted by atomic mass is 10.2. The fourth-order valence-corrected chi connectivity index (χ4v) is 3.27. The van der Waals surface area contributed by atoms with Crippen molar-refractivity contribution in [1.29, 1.82) is 0 Å². The summed E-state index contributed by atoms with van der Waals surface area (Å²) >= 11 is 1.55. The van der Waals surface area contributed by atoms with Crippen LogP contribution < -0.4 is 10.6 Å². The van der Waals surface area contributed by atoms with Crippen LogP contribution in [-0.4, -0.2) is 40.2 Å². The minimum Gasteiger partial charge on any atom is -0.508 e. The van der Waals surface area contributed by atoms with Gasteiger partial charge in [-0.25, -0.2) is 0 Å². The number of aromatic hydroxyl groups is 1. The second-order valence-electron chi connectivity index (χ2n) is 6.35.